The predicted octanol–water partition coefficient (Wildman–Crippen LogP) is 2.98. The number of non-ortho nitro benzene ring substituents is 1. The van der Waals surface area contributed by atoms with E-state index >= 15 is 0 Å². The Morgan fingerprint density at radius 2 is 1.75 bits per heavy atom. The molecule has 1 N–H and O–H groups in total. The molecule has 0 aliphatic heterocycles. The number of hydrogen-bond acceptors (Lipinski definition) is 8. The second kappa shape index (κ2) is 6.98. The van der Waals surface area contributed by atoms with Crippen LogP contribution < -0.4 is 5.43 Å². The number of nitro groups is 3. The third kappa shape index (κ3) is 4.00. The van der Waals surface area contributed by atoms with E-state index in [1.54, 1.807) is 13.8 Å². The second-order valence-electron chi connectivity index (χ2n) is 5.71. The molecule has 0 bridgehead atoms. The molecule has 1 atom stereocenters. The molecule has 1 aromatic carbocycles. The first-order chi connectivity index (χ1) is 11.0. The van der Waals surface area contributed by atoms with E-state index in [1.165, 1.54) is 13.8 Å². The molecule has 1 unspecified atom stereocenters. The molecule has 0 saturated carbocycles. The normalized spacial score (nSPS) is 13.2. The largest absolute Gasteiger partial charge is 0.301 e. The fourth-order valence-electron chi connectivity index (χ4n) is 1.79. The van der Waals surface area contributed by atoms with Gasteiger partial charge in [-0.25, -0.2) is 0 Å². The Morgan fingerprint density at radius 3 is 2.21 bits per heavy atom. The molecule has 11 nitrogen and oxygen atoms in total. The highest BCUT2D eigenvalue weighted by atomic mass is 16.6. The zero-order chi connectivity index (χ0) is 18.7. The van der Waals surface area contributed by atoms with Crippen molar-refractivity contribution in [3.8, 4) is 0 Å². The van der Waals surface area contributed by atoms with Crippen molar-refractivity contribution in [3.05, 3.63) is 48.5 Å². The minimum atomic E-state index is -1.27. The van der Waals surface area contributed by atoms with Crippen LogP contribution in [0.25, 0.3) is 0 Å². The lowest BCUT2D eigenvalue weighted by Crippen LogP contribution is -2.41. The van der Waals surface area contributed by atoms with E-state index in [2.05, 4.69) is 10.5 Å². The lowest BCUT2D eigenvalue weighted by molar-refractivity contribution is -0.566. The first-order valence-corrected chi connectivity index (χ1v) is 6.86. The molecule has 0 heterocycles. The van der Waals surface area contributed by atoms with Crippen molar-refractivity contribution in [1.29, 1.82) is 0 Å². The molecule has 11 heteroatoms. The molecule has 24 heavy (non-hydrogen) atoms. The highest BCUT2D eigenvalue weighted by Gasteiger charge is 2.39. The molecule has 0 amide bonds. The number of hydrazone groups is 1. The maximum absolute atomic E-state index is 11.1. The number of nitrogens with one attached hydrogen (secondary N) is 1. The summed E-state index contributed by atoms with van der Waals surface area (Å²) in [6.45, 7) is 6.07. The summed E-state index contributed by atoms with van der Waals surface area (Å²) in [5.74, 6) is -0.544. The summed E-state index contributed by atoms with van der Waals surface area (Å²) in [6.07, 6.45) is 0. The summed E-state index contributed by atoms with van der Waals surface area (Å²) in [5.41, 5.74) is 0.574. The molecule has 130 valence electrons. The zero-order valence-corrected chi connectivity index (χ0v) is 13.5. The summed E-state index contributed by atoms with van der Waals surface area (Å²) in [4.78, 5) is 30.8. The monoisotopic (exact) mass is 339 g/mol. The molecule has 0 aromatic heterocycles. The number of benzene rings is 1. The molecule has 1 rings (SSSR count). The van der Waals surface area contributed by atoms with E-state index in [1.807, 2.05) is 0 Å². The molecule has 0 fully saturated rings. The van der Waals surface area contributed by atoms with Gasteiger partial charge in [0, 0.05) is 30.5 Å². The third-order valence-corrected chi connectivity index (χ3v) is 3.90. The molecular formula is C13H17N5O6. The fraction of sp³-hybridized carbons (Fsp3) is 0.462. The van der Waals surface area contributed by atoms with Crippen LogP contribution in [0.5, 0.6) is 0 Å². The van der Waals surface area contributed by atoms with E-state index < -0.39 is 37.6 Å². The van der Waals surface area contributed by atoms with Crippen LogP contribution in [0.15, 0.2) is 23.3 Å². The zero-order valence-electron chi connectivity index (χ0n) is 13.5. The quantitative estimate of drug-likeness (QED) is 0.455. The number of nitrogens with zero attached hydrogens (tertiary/aromatic N) is 4. The van der Waals surface area contributed by atoms with Gasteiger partial charge in [0.15, 0.2) is 0 Å². The minimum absolute atomic E-state index is 0.0453. The number of anilines is 1. The number of hydrogen-bond donors (Lipinski definition) is 1. The third-order valence-electron chi connectivity index (χ3n) is 3.90. The molecular weight excluding hydrogens is 322 g/mol. The lowest BCUT2D eigenvalue weighted by Gasteiger charge is -2.23. The van der Waals surface area contributed by atoms with Gasteiger partial charge in [0.1, 0.15) is 5.69 Å². The van der Waals surface area contributed by atoms with Gasteiger partial charge in [-0.1, -0.05) is 6.92 Å². The van der Waals surface area contributed by atoms with Crippen LogP contribution in [0.2, 0.25) is 0 Å². The van der Waals surface area contributed by atoms with E-state index in [4.69, 9.17) is 0 Å². The Kier molecular flexibility index (Phi) is 5.51. The van der Waals surface area contributed by atoms with Crippen LogP contribution in [0.1, 0.15) is 27.7 Å². The van der Waals surface area contributed by atoms with E-state index in [9.17, 15) is 30.3 Å². The molecule has 0 aliphatic rings. The minimum Gasteiger partial charge on any atom is -0.272 e. The van der Waals surface area contributed by atoms with E-state index in [-0.39, 0.29) is 5.69 Å². The van der Waals surface area contributed by atoms with Crippen molar-refractivity contribution >= 4 is 22.8 Å². The van der Waals surface area contributed by atoms with Crippen molar-refractivity contribution in [2.45, 2.75) is 33.2 Å². The highest BCUT2D eigenvalue weighted by Crippen LogP contribution is 2.29. The summed E-state index contributed by atoms with van der Waals surface area (Å²) in [5, 5.41) is 36.7. The van der Waals surface area contributed by atoms with Crippen LogP contribution in [0.4, 0.5) is 17.1 Å². The first kappa shape index (κ1) is 18.9. The van der Waals surface area contributed by atoms with Gasteiger partial charge in [-0.3, -0.25) is 35.8 Å². The Labute approximate surface area is 136 Å². The van der Waals surface area contributed by atoms with Crippen molar-refractivity contribution in [3.63, 3.8) is 0 Å². The average Bonchev–Trinajstić information content (AvgIpc) is 2.50. The number of rotatable bonds is 7. The Hall–Kier alpha value is -3.11. The fourth-order valence-corrected chi connectivity index (χ4v) is 1.79. The summed E-state index contributed by atoms with van der Waals surface area (Å²) in [6, 6.07) is 3.08. The number of nitro benzene ring substituents is 2. The van der Waals surface area contributed by atoms with Crippen LogP contribution in [-0.2, 0) is 0 Å². The smallest absolute Gasteiger partial charge is 0.272 e. The van der Waals surface area contributed by atoms with E-state index in [0.717, 1.165) is 18.2 Å². The SMILES string of the molecule is C/C(=N\Nc1ccc([N+](=O)[O-])cc1[N+](=O)[O-])C(C)C(C)(C)[N+](=O)[O-]. The van der Waals surface area contributed by atoms with Gasteiger partial charge >= 0.3 is 5.69 Å². The maximum atomic E-state index is 11.1. The molecule has 0 spiro atoms. The van der Waals surface area contributed by atoms with Crippen molar-refractivity contribution in [2.24, 2.45) is 11.0 Å². The van der Waals surface area contributed by atoms with Crippen LogP contribution in [0, 0.1) is 36.3 Å². The average molecular weight is 339 g/mol. The molecule has 0 saturated heterocycles. The van der Waals surface area contributed by atoms with Crippen molar-refractivity contribution < 1.29 is 14.8 Å². The van der Waals surface area contributed by atoms with Crippen LogP contribution in [0.3, 0.4) is 0 Å². The summed E-state index contributed by atoms with van der Waals surface area (Å²) < 4.78 is 0. The topological polar surface area (TPSA) is 154 Å². The van der Waals surface area contributed by atoms with Crippen LogP contribution >= 0.6 is 0 Å². The Balaban J connectivity index is 3.11. The summed E-state index contributed by atoms with van der Waals surface area (Å²) in [7, 11) is 0. The van der Waals surface area contributed by atoms with Gasteiger partial charge in [0.2, 0.25) is 5.54 Å². The lowest BCUT2D eigenvalue weighted by atomic mass is 9.86. The standard InChI is InChI=1S/C13H17N5O6/c1-8(13(3,4)18(23)24)9(2)14-15-11-6-5-10(16(19)20)7-12(11)17(21)22/h5-8,15H,1-4H3/b14-9+. The van der Waals surface area contributed by atoms with Gasteiger partial charge in [-0.2, -0.15) is 5.10 Å². The van der Waals surface area contributed by atoms with Gasteiger partial charge < -0.3 is 0 Å². The first-order valence-electron chi connectivity index (χ1n) is 6.86. The molecule has 1 aromatic rings. The Morgan fingerprint density at radius 1 is 1.17 bits per heavy atom. The highest BCUT2D eigenvalue weighted by molar-refractivity contribution is 5.86. The maximum Gasteiger partial charge on any atom is 0.301 e. The molecule has 0 radical (unpaired) electrons. The van der Waals surface area contributed by atoms with Gasteiger partial charge in [0.05, 0.1) is 21.8 Å². The van der Waals surface area contributed by atoms with Crippen molar-refractivity contribution in [2.75, 3.05) is 5.43 Å². The Bertz CT molecular complexity index is 715. The molecule has 0 aliphatic carbocycles. The van der Waals surface area contributed by atoms with Crippen LogP contribution in [-0.4, -0.2) is 26.0 Å². The van der Waals surface area contributed by atoms with Gasteiger partial charge in [0.25, 0.3) is 5.69 Å². The second-order valence-corrected chi connectivity index (χ2v) is 5.71. The van der Waals surface area contributed by atoms with Gasteiger partial charge in [-0.05, 0) is 13.0 Å². The predicted molar refractivity (Wildman–Crippen MR) is 86.7 cm³/mol. The van der Waals surface area contributed by atoms with E-state index in [0.29, 0.717) is 5.71 Å². The summed E-state index contributed by atoms with van der Waals surface area (Å²) >= 11 is 0. The van der Waals surface area contributed by atoms with Gasteiger partial charge in [-0.15, -0.1) is 0 Å². The van der Waals surface area contributed by atoms with Crippen molar-refractivity contribution in [1.82, 2.24) is 0 Å².